The number of nitrogens with one attached hydrogen (secondary N) is 2. The Balaban J connectivity index is 2.43. The van der Waals surface area contributed by atoms with Gasteiger partial charge in [-0.2, -0.15) is 0 Å². The number of pyridine rings is 1. The van der Waals surface area contributed by atoms with E-state index in [0.29, 0.717) is 5.69 Å². The minimum atomic E-state index is -0.452. The maximum Gasteiger partial charge on any atom is 0.248 e. The summed E-state index contributed by atoms with van der Waals surface area (Å²) in [5.41, 5.74) is 1.95. The van der Waals surface area contributed by atoms with E-state index in [1.807, 2.05) is 39.0 Å². The SMILES string of the molecule is CCCc1cc(=O)[nH]c2cc(NC(=O)C(C)(C)C)ccc12. The van der Waals surface area contributed by atoms with Crippen molar-refractivity contribution in [3.63, 3.8) is 0 Å². The zero-order valence-corrected chi connectivity index (χ0v) is 13.0. The Hall–Kier alpha value is -2.10. The molecule has 0 unspecified atom stereocenters. The lowest BCUT2D eigenvalue weighted by Crippen LogP contribution is -2.27. The van der Waals surface area contributed by atoms with Crippen molar-refractivity contribution in [1.82, 2.24) is 4.98 Å². The van der Waals surface area contributed by atoms with Crippen molar-refractivity contribution in [3.05, 3.63) is 40.2 Å². The first-order valence-corrected chi connectivity index (χ1v) is 7.28. The van der Waals surface area contributed by atoms with Crippen molar-refractivity contribution in [1.29, 1.82) is 0 Å². The van der Waals surface area contributed by atoms with Crippen molar-refractivity contribution >= 4 is 22.5 Å². The molecule has 0 radical (unpaired) electrons. The second-order valence-corrected chi connectivity index (χ2v) is 6.37. The van der Waals surface area contributed by atoms with Crippen LogP contribution in [0, 0.1) is 5.41 Å². The number of benzene rings is 1. The maximum absolute atomic E-state index is 12.0. The first kappa shape index (κ1) is 15.3. The summed E-state index contributed by atoms with van der Waals surface area (Å²) >= 11 is 0. The topological polar surface area (TPSA) is 62.0 Å². The van der Waals surface area contributed by atoms with Crippen LogP contribution in [0.25, 0.3) is 10.9 Å². The first-order chi connectivity index (χ1) is 9.81. The van der Waals surface area contributed by atoms with Crippen molar-refractivity contribution in [2.75, 3.05) is 5.32 Å². The first-order valence-electron chi connectivity index (χ1n) is 7.28. The molecule has 1 amide bonds. The number of carbonyl (C=O) groups is 1. The van der Waals surface area contributed by atoms with E-state index in [4.69, 9.17) is 0 Å². The Kier molecular flexibility index (Phi) is 4.16. The summed E-state index contributed by atoms with van der Waals surface area (Å²) in [6, 6.07) is 7.30. The van der Waals surface area contributed by atoms with Crippen LogP contribution in [0.3, 0.4) is 0 Å². The van der Waals surface area contributed by atoms with Crippen LogP contribution in [0.2, 0.25) is 0 Å². The largest absolute Gasteiger partial charge is 0.326 e. The predicted molar refractivity (Wildman–Crippen MR) is 86.6 cm³/mol. The number of anilines is 1. The highest BCUT2D eigenvalue weighted by molar-refractivity contribution is 5.96. The molecule has 0 spiro atoms. The van der Waals surface area contributed by atoms with Crippen LogP contribution in [0.1, 0.15) is 39.7 Å². The number of aromatic nitrogens is 1. The minimum absolute atomic E-state index is 0.0473. The number of hydrogen-bond donors (Lipinski definition) is 2. The molecule has 0 aliphatic carbocycles. The quantitative estimate of drug-likeness (QED) is 0.907. The standard InChI is InChI=1S/C17H22N2O2/c1-5-6-11-9-15(20)19-14-10-12(7-8-13(11)14)18-16(21)17(2,3)4/h7-10H,5-6H2,1-4H3,(H,18,21)(H,19,20). The highest BCUT2D eigenvalue weighted by atomic mass is 16.2. The molecule has 1 aromatic carbocycles. The minimum Gasteiger partial charge on any atom is -0.326 e. The van der Waals surface area contributed by atoms with Gasteiger partial charge in [0.15, 0.2) is 0 Å². The van der Waals surface area contributed by atoms with Gasteiger partial charge >= 0.3 is 0 Å². The van der Waals surface area contributed by atoms with Gasteiger partial charge in [-0.3, -0.25) is 9.59 Å². The molecule has 4 heteroatoms. The van der Waals surface area contributed by atoms with Crippen LogP contribution in [0.15, 0.2) is 29.1 Å². The van der Waals surface area contributed by atoms with Gasteiger partial charge in [-0.1, -0.05) is 40.2 Å². The highest BCUT2D eigenvalue weighted by Gasteiger charge is 2.21. The number of aromatic amines is 1. The molecule has 0 aliphatic heterocycles. The van der Waals surface area contributed by atoms with Gasteiger partial charge in [-0.15, -0.1) is 0 Å². The molecule has 0 saturated heterocycles. The summed E-state index contributed by atoms with van der Waals surface area (Å²) in [5.74, 6) is -0.0473. The van der Waals surface area contributed by atoms with Crippen LogP contribution < -0.4 is 10.9 Å². The van der Waals surface area contributed by atoms with E-state index in [1.54, 1.807) is 6.07 Å². The Morgan fingerprint density at radius 1 is 1.24 bits per heavy atom. The third-order valence-electron chi connectivity index (χ3n) is 3.39. The number of aryl methyl sites for hydroxylation is 1. The number of fused-ring (bicyclic) bond motifs is 1. The van der Waals surface area contributed by atoms with E-state index in [1.165, 1.54) is 0 Å². The van der Waals surface area contributed by atoms with Crippen LogP contribution in [0.5, 0.6) is 0 Å². The Morgan fingerprint density at radius 3 is 2.57 bits per heavy atom. The Labute approximate surface area is 124 Å². The number of amides is 1. The average molecular weight is 286 g/mol. The zero-order valence-electron chi connectivity index (χ0n) is 13.0. The summed E-state index contributed by atoms with van der Waals surface area (Å²) in [7, 11) is 0. The van der Waals surface area contributed by atoms with Gasteiger partial charge in [0.1, 0.15) is 0 Å². The van der Waals surface area contributed by atoms with Gasteiger partial charge in [0, 0.05) is 22.6 Å². The molecule has 0 atom stereocenters. The molecule has 4 nitrogen and oxygen atoms in total. The molecule has 0 fully saturated rings. The second-order valence-electron chi connectivity index (χ2n) is 6.37. The molecule has 112 valence electrons. The molecule has 21 heavy (non-hydrogen) atoms. The van der Waals surface area contributed by atoms with Gasteiger partial charge in [-0.25, -0.2) is 0 Å². The molecule has 2 rings (SSSR count). The fourth-order valence-electron chi connectivity index (χ4n) is 2.21. The molecule has 0 aliphatic rings. The van der Waals surface area contributed by atoms with E-state index < -0.39 is 5.41 Å². The number of carbonyl (C=O) groups excluding carboxylic acids is 1. The molecule has 2 N–H and O–H groups in total. The zero-order chi connectivity index (χ0) is 15.6. The van der Waals surface area contributed by atoms with Crippen LogP contribution in [-0.2, 0) is 11.2 Å². The van der Waals surface area contributed by atoms with Crippen LogP contribution in [-0.4, -0.2) is 10.9 Å². The van der Waals surface area contributed by atoms with Gasteiger partial charge in [0.2, 0.25) is 11.5 Å². The van der Waals surface area contributed by atoms with E-state index in [0.717, 1.165) is 29.3 Å². The lowest BCUT2D eigenvalue weighted by Gasteiger charge is -2.18. The second kappa shape index (κ2) is 5.72. The highest BCUT2D eigenvalue weighted by Crippen LogP contribution is 2.22. The van der Waals surface area contributed by atoms with Crippen LogP contribution in [0.4, 0.5) is 5.69 Å². The van der Waals surface area contributed by atoms with E-state index in [-0.39, 0.29) is 11.5 Å². The molecule has 0 saturated carbocycles. The lowest BCUT2D eigenvalue weighted by atomic mass is 9.95. The van der Waals surface area contributed by atoms with Crippen molar-refractivity contribution in [2.45, 2.75) is 40.5 Å². The van der Waals surface area contributed by atoms with E-state index in [9.17, 15) is 9.59 Å². The normalized spacial score (nSPS) is 11.6. The smallest absolute Gasteiger partial charge is 0.248 e. The fourth-order valence-corrected chi connectivity index (χ4v) is 2.21. The summed E-state index contributed by atoms with van der Waals surface area (Å²) in [5, 5.41) is 3.92. The Bertz CT molecular complexity index is 724. The molecular weight excluding hydrogens is 264 g/mol. The molecule has 1 heterocycles. The summed E-state index contributed by atoms with van der Waals surface area (Å²) < 4.78 is 0. The molecule has 0 bridgehead atoms. The van der Waals surface area contributed by atoms with Crippen LogP contribution >= 0.6 is 0 Å². The molecule has 1 aromatic heterocycles. The monoisotopic (exact) mass is 286 g/mol. The summed E-state index contributed by atoms with van der Waals surface area (Å²) in [6.45, 7) is 7.69. The third kappa shape index (κ3) is 3.51. The van der Waals surface area contributed by atoms with E-state index >= 15 is 0 Å². The fraction of sp³-hybridized carbons (Fsp3) is 0.412. The number of H-pyrrole nitrogens is 1. The lowest BCUT2D eigenvalue weighted by molar-refractivity contribution is -0.123. The maximum atomic E-state index is 12.0. The average Bonchev–Trinajstić information content (AvgIpc) is 2.37. The van der Waals surface area contributed by atoms with Crippen molar-refractivity contribution < 1.29 is 4.79 Å². The van der Waals surface area contributed by atoms with E-state index in [2.05, 4.69) is 17.2 Å². The van der Waals surface area contributed by atoms with Crippen molar-refractivity contribution in [2.24, 2.45) is 5.41 Å². The molecular formula is C17H22N2O2. The number of rotatable bonds is 3. The third-order valence-corrected chi connectivity index (χ3v) is 3.39. The van der Waals surface area contributed by atoms with Gasteiger partial charge < -0.3 is 10.3 Å². The summed E-state index contributed by atoms with van der Waals surface area (Å²) in [4.78, 5) is 26.6. The summed E-state index contributed by atoms with van der Waals surface area (Å²) in [6.07, 6.45) is 1.86. The predicted octanol–water partition coefficient (Wildman–Crippen LogP) is 3.47. The van der Waals surface area contributed by atoms with Gasteiger partial charge in [-0.05, 0) is 24.1 Å². The number of hydrogen-bond acceptors (Lipinski definition) is 2. The van der Waals surface area contributed by atoms with Gasteiger partial charge in [0.05, 0.1) is 5.52 Å². The molecule has 2 aromatic rings. The van der Waals surface area contributed by atoms with Crippen molar-refractivity contribution in [3.8, 4) is 0 Å². The van der Waals surface area contributed by atoms with Gasteiger partial charge in [0.25, 0.3) is 0 Å². The Morgan fingerprint density at radius 2 is 1.95 bits per heavy atom.